The molecule has 0 aliphatic heterocycles. The number of hydrogen-bond acceptors (Lipinski definition) is 4. The Labute approximate surface area is 194 Å². The highest BCUT2D eigenvalue weighted by Gasteiger charge is 2.35. The van der Waals surface area contributed by atoms with Crippen molar-refractivity contribution in [2.24, 2.45) is 35.5 Å². The molecule has 1 aromatic rings. The Hall–Kier alpha value is -1.84. The molecule has 0 aromatic heterocycles. The summed E-state index contributed by atoms with van der Waals surface area (Å²) >= 11 is 0. The van der Waals surface area contributed by atoms with Crippen molar-refractivity contribution in [2.45, 2.75) is 92.3 Å². The second kappa shape index (κ2) is 10.9. The Morgan fingerprint density at radius 3 is 1.34 bits per heavy atom. The molecule has 32 heavy (non-hydrogen) atoms. The van der Waals surface area contributed by atoms with Gasteiger partial charge in [-0.1, -0.05) is 54.4 Å². The quantitative estimate of drug-likeness (QED) is 0.449. The van der Waals surface area contributed by atoms with Gasteiger partial charge < -0.3 is 9.47 Å². The first-order valence-corrected chi connectivity index (χ1v) is 12.7. The van der Waals surface area contributed by atoms with Gasteiger partial charge in [-0.15, -0.1) is 0 Å². The van der Waals surface area contributed by atoms with E-state index in [9.17, 15) is 9.59 Å². The molecule has 0 spiro atoms. The van der Waals surface area contributed by atoms with E-state index in [1.807, 2.05) is 0 Å². The summed E-state index contributed by atoms with van der Waals surface area (Å²) in [5.41, 5.74) is 0.988. The molecule has 0 saturated heterocycles. The number of carbonyl (C=O) groups excluding carboxylic acids is 2. The summed E-state index contributed by atoms with van der Waals surface area (Å²) < 4.78 is 11.9. The molecule has 178 valence electrons. The summed E-state index contributed by atoms with van der Waals surface area (Å²) in [6.45, 7) is 13.3. The normalized spacial score (nSPS) is 30.9. The van der Waals surface area contributed by atoms with Crippen LogP contribution >= 0.6 is 0 Å². The first kappa shape index (κ1) is 24.8. The second-order valence-corrected chi connectivity index (χ2v) is 11.1. The lowest BCUT2D eigenvalue weighted by Gasteiger charge is -2.36. The van der Waals surface area contributed by atoms with Crippen LogP contribution in [0.4, 0.5) is 0 Å². The summed E-state index contributed by atoms with van der Waals surface area (Å²) in [5, 5.41) is 0. The van der Waals surface area contributed by atoms with Crippen molar-refractivity contribution in [2.75, 3.05) is 0 Å². The SMILES string of the molecule is CC(C)[C@H]1CC[C@@H](C)C[C@H]1OC(=O)c1ccc(C(=O)O[C@@H]2C[C@H](C)CC[C@@H]2C(C)C)cc1. The van der Waals surface area contributed by atoms with Crippen LogP contribution in [-0.2, 0) is 9.47 Å². The largest absolute Gasteiger partial charge is 0.458 e. The summed E-state index contributed by atoms with van der Waals surface area (Å²) in [6.07, 6.45) is 6.41. The van der Waals surface area contributed by atoms with Crippen LogP contribution in [0.3, 0.4) is 0 Å². The first-order valence-electron chi connectivity index (χ1n) is 12.7. The van der Waals surface area contributed by atoms with Crippen molar-refractivity contribution in [3.8, 4) is 0 Å². The standard InChI is InChI=1S/C28H42O4/c1-17(2)23-13-7-19(5)15-25(23)31-27(29)21-9-11-22(12-10-21)28(30)32-26-16-20(6)8-14-24(26)18(3)4/h9-12,17-20,23-26H,7-8,13-16H2,1-6H3/t19-,20-,23-,24-,25-,26-/m1/s1. The number of benzene rings is 1. The zero-order valence-electron chi connectivity index (χ0n) is 20.8. The van der Waals surface area contributed by atoms with Crippen molar-refractivity contribution >= 4 is 11.9 Å². The lowest BCUT2D eigenvalue weighted by molar-refractivity contribution is -0.0185. The Kier molecular flexibility index (Phi) is 8.41. The summed E-state index contributed by atoms with van der Waals surface area (Å²) in [7, 11) is 0. The maximum Gasteiger partial charge on any atom is 0.338 e. The maximum absolute atomic E-state index is 12.8. The van der Waals surface area contributed by atoms with E-state index in [-0.39, 0.29) is 24.1 Å². The fraction of sp³-hybridized carbons (Fsp3) is 0.714. The van der Waals surface area contributed by atoms with Gasteiger partial charge >= 0.3 is 11.9 Å². The van der Waals surface area contributed by atoms with E-state index in [1.165, 1.54) is 12.8 Å². The Balaban J connectivity index is 1.62. The van der Waals surface area contributed by atoms with E-state index in [4.69, 9.17) is 9.47 Å². The van der Waals surface area contributed by atoms with E-state index in [1.54, 1.807) is 24.3 Å². The highest BCUT2D eigenvalue weighted by molar-refractivity contribution is 5.93. The van der Waals surface area contributed by atoms with Gasteiger partial charge in [0.2, 0.25) is 0 Å². The minimum Gasteiger partial charge on any atom is -0.458 e. The molecule has 0 heterocycles. The van der Waals surface area contributed by atoms with Crippen molar-refractivity contribution in [1.29, 1.82) is 0 Å². The number of rotatable bonds is 6. The zero-order valence-corrected chi connectivity index (χ0v) is 20.8. The van der Waals surface area contributed by atoms with Crippen LogP contribution in [0.2, 0.25) is 0 Å². The van der Waals surface area contributed by atoms with E-state index < -0.39 is 0 Å². The van der Waals surface area contributed by atoms with Gasteiger partial charge in [0.05, 0.1) is 11.1 Å². The van der Waals surface area contributed by atoms with Crippen LogP contribution in [0, 0.1) is 35.5 Å². The third-order valence-corrected chi connectivity index (χ3v) is 7.80. The fourth-order valence-electron chi connectivity index (χ4n) is 5.65. The molecule has 2 fully saturated rings. The summed E-state index contributed by atoms with van der Waals surface area (Å²) in [6, 6.07) is 6.77. The average molecular weight is 443 g/mol. The minimum atomic E-state index is -0.296. The predicted molar refractivity (Wildman–Crippen MR) is 128 cm³/mol. The molecular weight excluding hydrogens is 400 g/mol. The predicted octanol–water partition coefficient (Wildman–Crippen LogP) is 6.92. The third kappa shape index (κ3) is 6.14. The molecule has 0 bridgehead atoms. The van der Waals surface area contributed by atoms with Gasteiger partial charge in [0, 0.05) is 0 Å². The van der Waals surface area contributed by atoms with E-state index in [0.29, 0.717) is 46.6 Å². The smallest absolute Gasteiger partial charge is 0.338 e. The molecule has 2 aliphatic carbocycles. The molecular formula is C28H42O4. The zero-order chi connectivity index (χ0) is 23.4. The topological polar surface area (TPSA) is 52.6 Å². The molecule has 1 aromatic carbocycles. The molecule has 2 saturated carbocycles. The van der Waals surface area contributed by atoms with Gasteiger partial charge in [-0.2, -0.15) is 0 Å². The van der Waals surface area contributed by atoms with Gasteiger partial charge in [0.1, 0.15) is 12.2 Å². The van der Waals surface area contributed by atoms with Crippen molar-refractivity contribution < 1.29 is 19.1 Å². The Bertz CT molecular complexity index is 701. The van der Waals surface area contributed by atoms with Gasteiger partial charge in [0.15, 0.2) is 0 Å². The second-order valence-electron chi connectivity index (χ2n) is 11.1. The number of ether oxygens (including phenoxy) is 2. The Morgan fingerprint density at radius 1 is 0.688 bits per heavy atom. The lowest BCUT2D eigenvalue weighted by Crippen LogP contribution is -2.36. The van der Waals surface area contributed by atoms with Crippen LogP contribution < -0.4 is 0 Å². The molecule has 0 amide bonds. The van der Waals surface area contributed by atoms with Crippen LogP contribution in [-0.4, -0.2) is 24.1 Å². The van der Waals surface area contributed by atoms with Crippen LogP contribution in [0.5, 0.6) is 0 Å². The maximum atomic E-state index is 12.8. The summed E-state index contributed by atoms with van der Waals surface area (Å²) in [5.74, 6) is 2.39. The third-order valence-electron chi connectivity index (χ3n) is 7.80. The number of carbonyl (C=O) groups is 2. The lowest BCUT2D eigenvalue weighted by atomic mass is 9.75. The van der Waals surface area contributed by atoms with E-state index >= 15 is 0 Å². The highest BCUT2D eigenvalue weighted by Crippen LogP contribution is 2.37. The molecule has 6 atom stereocenters. The Morgan fingerprint density at radius 2 is 1.03 bits per heavy atom. The molecule has 0 N–H and O–H groups in total. The van der Waals surface area contributed by atoms with Crippen LogP contribution in [0.15, 0.2) is 24.3 Å². The minimum absolute atomic E-state index is 0.0304. The van der Waals surface area contributed by atoms with Crippen molar-refractivity contribution in [3.63, 3.8) is 0 Å². The van der Waals surface area contributed by atoms with Crippen molar-refractivity contribution in [3.05, 3.63) is 35.4 Å². The first-order chi connectivity index (χ1) is 15.2. The highest BCUT2D eigenvalue weighted by atomic mass is 16.5. The number of esters is 2. The summed E-state index contributed by atoms with van der Waals surface area (Å²) in [4.78, 5) is 25.6. The number of hydrogen-bond donors (Lipinski definition) is 0. The van der Waals surface area contributed by atoms with Crippen LogP contribution in [0.1, 0.15) is 101 Å². The van der Waals surface area contributed by atoms with Gasteiger partial charge in [-0.25, -0.2) is 9.59 Å². The van der Waals surface area contributed by atoms with Gasteiger partial charge in [0.25, 0.3) is 0 Å². The molecule has 3 rings (SSSR count). The van der Waals surface area contributed by atoms with E-state index in [0.717, 1.165) is 25.7 Å². The fourth-order valence-corrected chi connectivity index (χ4v) is 5.65. The average Bonchev–Trinajstić information content (AvgIpc) is 2.73. The van der Waals surface area contributed by atoms with E-state index in [2.05, 4.69) is 41.5 Å². The van der Waals surface area contributed by atoms with Gasteiger partial charge in [-0.3, -0.25) is 0 Å². The van der Waals surface area contributed by atoms with Gasteiger partial charge in [-0.05, 0) is 85.5 Å². The van der Waals surface area contributed by atoms with Crippen molar-refractivity contribution in [1.82, 2.24) is 0 Å². The molecule has 0 unspecified atom stereocenters. The molecule has 4 heteroatoms. The molecule has 0 radical (unpaired) electrons. The van der Waals surface area contributed by atoms with Crippen LogP contribution in [0.25, 0.3) is 0 Å². The monoisotopic (exact) mass is 442 g/mol. The molecule has 4 nitrogen and oxygen atoms in total. The molecule has 2 aliphatic rings.